The van der Waals surface area contributed by atoms with E-state index in [9.17, 15) is 13.2 Å². The molecule has 106 valence electrons. The Hall–Kier alpha value is -1.91. The van der Waals surface area contributed by atoms with Crippen LogP contribution in [0.3, 0.4) is 0 Å². The van der Waals surface area contributed by atoms with Crippen molar-refractivity contribution in [1.82, 2.24) is 4.31 Å². The fraction of sp³-hybridized carbons (Fsp3) is 0.385. The minimum atomic E-state index is -3.79. The lowest BCUT2D eigenvalue weighted by Crippen LogP contribution is -2.41. The van der Waals surface area contributed by atoms with Gasteiger partial charge in [0.25, 0.3) is 0 Å². The van der Waals surface area contributed by atoms with Gasteiger partial charge < -0.3 is 4.74 Å². The second-order valence-corrected chi connectivity index (χ2v) is 6.33. The number of nitriles is 1. The van der Waals surface area contributed by atoms with Crippen molar-refractivity contribution in [2.75, 3.05) is 13.7 Å². The molecule has 1 heterocycles. The first-order valence-electron chi connectivity index (χ1n) is 6.10. The van der Waals surface area contributed by atoms with E-state index < -0.39 is 22.0 Å². The molecule has 6 nitrogen and oxygen atoms in total. The summed E-state index contributed by atoms with van der Waals surface area (Å²) in [6, 6.07) is 6.88. The van der Waals surface area contributed by atoms with Crippen molar-refractivity contribution in [2.45, 2.75) is 23.8 Å². The van der Waals surface area contributed by atoms with E-state index in [1.807, 2.05) is 6.07 Å². The molecule has 1 fully saturated rings. The van der Waals surface area contributed by atoms with Gasteiger partial charge in [0.2, 0.25) is 10.0 Å². The standard InChI is InChI=1S/C13H14N2O4S/c1-19-13(16)12-6-3-7-15(12)20(17,18)11-5-2-4-10(8-11)9-14/h2,4-5,8,12H,3,6-7H2,1H3. The molecule has 0 radical (unpaired) electrons. The van der Waals surface area contributed by atoms with E-state index in [2.05, 4.69) is 4.74 Å². The number of carbonyl (C=O) groups is 1. The van der Waals surface area contributed by atoms with Crippen LogP contribution in [0.2, 0.25) is 0 Å². The van der Waals surface area contributed by atoms with Crippen LogP contribution in [0.4, 0.5) is 0 Å². The molecule has 0 saturated carbocycles. The number of sulfonamides is 1. The molecule has 2 rings (SSSR count). The molecule has 1 unspecified atom stereocenters. The summed E-state index contributed by atoms with van der Waals surface area (Å²) in [4.78, 5) is 11.7. The van der Waals surface area contributed by atoms with Gasteiger partial charge in [0, 0.05) is 6.54 Å². The first-order chi connectivity index (χ1) is 9.50. The van der Waals surface area contributed by atoms with Crippen LogP contribution in [0.1, 0.15) is 18.4 Å². The van der Waals surface area contributed by atoms with E-state index in [0.717, 1.165) is 4.31 Å². The number of benzene rings is 1. The van der Waals surface area contributed by atoms with Crippen molar-refractivity contribution in [2.24, 2.45) is 0 Å². The summed E-state index contributed by atoms with van der Waals surface area (Å²) >= 11 is 0. The predicted molar refractivity (Wildman–Crippen MR) is 70.1 cm³/mol. The first kappa shape index (κ1) is 14.5. The lowest BCUT2D eigenvalue weighted by Gasteiger charge is -2.22. The summed E-state index contributed by atoms with van der Waals surface area (Å²) < 4.78 is 30.9. The van der Waals surface area contributed by atoms with Crippen LogP contribution in [-0.2, 0) is 19.6 Å². The summed E-state index contributed by atoms with van der Waals surface area (Å²) in [7, 11) is -2.56. The molecule has 1 aliphatic rings. The van der Waals surface area contributed by atoms with Crippen molar-refractivity contribution in [1.29, 1.82) is 5.26 Å². The topological polar surface area (TPSA) is 87.5 Å². The highest BCUT2D eigenvalue weighted by molar-refractivity contribution is 7.89. The molecule has 0 amide bonds. The summed E-state index contributed by atoms with van der Waals surface area (Å²) in [5.74, 6) is -0.553. The third kappa shape index (κ3) is 2.53. The molecular formula is C13H14N2O4S. The summed E-state index contributed by atoms with van der Waals surface area (Å²) in [5, 5.41) is 8.84. The number of esters is 1. The zero-order chi connectivity index (χ0) is 14.8. The highest BCUT2D eigenvalue weighted by Crippen LogP contribution is 2.27. The Bertz CT molecular complexity index is 663. The van der Waals surface area contributed by atoms with Crippen molar-refractivity contribution in [3.05, 3.63) is 29.8 Å². The molecule has 0 aliphatic carbocycles. The summed E-state index contributed by atoms with van der Waals surface area (Å²) in [6.45, 7) is 0.277. The van der Waals surface area contributed by atoms with Crippen molar-refractivity contribution in [3.63, 3.8) is 0 Å². The molecule has 0 bridgehead atoms. The van der Waals surface area contributed by atoms with Gasteiger partial charge in [-0.25, -0.2) is 8.42 Å². The number of nitrogens with zero attached hydrogens (tertiary/aromatic N) is 2. The quantitative estimate of drug-likeness (QED) is 0.772. The molecule has 1 aromatic carbocycles. The lowest BCUT2D eigenvalue weighted by molar-refractivity contribution is -0.144. The fourth-order valence-electron chi connectivity index (χ4n) is 2.26. The Morgan fingerprint density at radius 3 is 2.90 bits per heavy atom. The van der Waals surface area contributed by atoms with E-state index in [1.165, 1.54) is 31.4 Å². The Labute approximate surface area is 117 Å². The minimum absolute atomic E-state index is 0.0207. The van der Waals surface area contributed by atoms with Gasteiger partial charge in [0.15, 0.2) is 0 Å². The molecule has 1 atom stereocenters. The highest BCUT2D eigenvalue weighted by Gasteiger charge is 2.40. The maximum atomic E-state index is 12.5. The first-order valence-corrected chi connectivity index (χ1v) is 7.54. The molecule has 0 aromatic heterocycles. The zero-order valence-electron chi connectivity index (χ0n) is 10.9. The Morgan fingerprint density at radius 1 is 1.50 bits per heavy atom. The third-order valence-corrected chi connectivity index (χ3v) is 5.15. The molecule has 1 aromatic rings. The normalized spacial score (nSPS) is 19.5. The predicted octanol–water partition coefficient (Wildman–Crippen LogP) is 0.884. The number of carbonyl (C=O) groups excluding carboxylic acids is 1. The maximum absolute atomic E-state index is 12.5. The average molecular weight is 294 g/mol. The third-order valence-electron chi connectivity index (χ3n) is 3.25. The van der Waals surface area contributed by atoms with Crippen molar-refractivity contribution < 1.29 is 17.9 Å². The lowest BCUT2D eigenvalue weighted by atomic mass is 10.2. The van der Waals surface area contributed by atoms with Gasteiger partial charge in [0.1, 0.15) is 6.04 Å². The van der Waals surface area contributed by atoms with Crippen molar-refractivity contribution in [3.8, 4) is 6.07 Å². The molecular weight excluding hydrogens is 280 g/mol. The zero-order valence-corrected chi connectivity index (χ0v) is 11.8. The Morgan fingerprint density at radius 2 is 2.25 bits per heavy atom. The van der Waals surface area contributed by atoms with Gasteiger partial charge >= 0.3 is 5.97 Å². The van der Waals surface area contributed by atoms with E-state index in [0.29, 0.717) is 12.8 Å². The van der Waals surface area contributed by atoms with E-state index in [4.69, 9.17) is 5.26 Å². The van der Waals surface area contributed by atoms with Crippen LogP contribution in [0.25, 0.3) is 0 Å². The highest BCUT2D eigenvalue weighted by atomic mass is 32.2. The smallest absolute Gasteiger partial charge is 0.324 e. The SMILES string of the molecule is COC(=O)C1CCCN1S(=O)(=O)c1cccc(C#N)c1. The van der Waals surface area contributed by atoms with Crippen LogP contribution < -0.4 is 0 Å². The second kappa shape index (κ2) is 5.61. The monoisotopic (exact) mass is 294 g/mol. The van der Waals surface area contributed by atoms with E-state index >= 15 is 0 Å². The van der Waals surface area contributed by atoms with Gasteiger partial charge in [-0.2, -0.15) is 9.57 Å². The number of rotatable bonds is 3. The number of hydrogen-bond acceptors (Lipinski definition) is 5. The summed E-state index contributed by atoms with van der Waals surface area (Å²) in [6.07, 6.45) is 1.06. The molecule has 1 aliphatic heterocycles. The second-order valence-electron chi connectivity index (χ2n) is 4.44. The van der Waals surface area contributed by atoms with Crippen LogP contribution in [-0.4, -0.2) is 38.4 Å². The fourth-order valence-corrected chi connectivity index (χ4v) is 3.95. The molecule has 1 saturated heterocycles. The van der Waals surface area contributed by atoms with Gasteiger partial charge in [-0.1, -0.05) is 6.07 Å². The Balaban J connectivity index is 2.39. The molecule has 0 spiro atoms. The number of methoxy groups -OCH3 is 1. The number of hydrogen-bond donors (Lipinski definition) is 0. The minimum Gasteiger partial charge on any atom is -0.468 e. The van der Waals surface area contributed by atoms with E-state index in [1.54, 1.807) is 0 Å². The Kier molecular flexibility index (Phi) is 4.06. The molecule has 0 N–H and O–H groups in total. The van der Waals surface area contributed by atoms with Crippen LogP contribution in [0.15, 0.2) is 29.2 Å². The van der Waals surface area contributed by atoms with E-state index in [-0.39, 0.29) is 17.0 Å². The average Bonchev–Trinajstić information content (AvgIpc) is 2.96. The van der Waals surface area contributed by atoms with Gasteiger partial charge in [0.05, 0.1) is 23.6 Å². The van der Waals surface area contributed by atoms with Crippen LogP contribution in [0.5, 0.6) is 0 Å². The molecule has 20 heavy (non-hydrogen) atoms. The van der Waals surface area contributed by atoms with Crippen LogP contribution >= 0.6 is 0 Å². The van der Waals surface area contributed by atoms with Crippen molar-refractivity contribution >= 4 is 16.0 Å². The maximum Gasteiger partial charge on any atom is 0.324 e. The molecule has 7 heteroatoms. The largest absolute Gasteiger partial charge is 0.468 e. The van der Waals surface area contributed by atoms with Crippen LogP contribution in [0, 0.1) is 11.3 Å². The van der Waals surface area contributed by atoms with Gasteiger partial charge in [-0.3, -0.25) is 4.79 Å². The van der Waals surface area contributed by atoms with Gasteiger partial charge in [-0.05, 0) is 31.0 Å². The summed E-state index contributed by atoms with van der Waals surface area (Å²) in [5.41, 5.74) is 0.264. The van der Waals surface area contributed by atoms with Gasteiger partial charge in [-0.15, -0.1) is 0 Å². The number of ether oxygens (including phenoxy) is 1.